The van der Waals surface area contributed by atoms with Gasteiger partial charge in [-0.25, -0.2) is 5.43 Å². The molecule has 4 N–H and O–H groups in total. The van der Waals surface area contributed by atoms with Gasteiger partial charge in [0.15, 0.2) is 0 Å². The van der Waals surface area contributed by atoms with Crippen molar-refractivity contribution in [3.63, 3.8) is 0 Å². The number of phenols is 2. The second kappa shape index (κ2) is 10.3. The van der Waals surface area contributed by atoms with Crippen molar-refractivity contribution in [2.24, 2.45) is 5.10 Å². The highest BCUT2D eigenvalue weighted by Gasteiger charge is 2.17. The van der Waals surface area contributed by atoms with Gasteiger partial charge in [0.1, 0.15) is 11.5 Å². The Bertz CT molecular complexity index is 1190. The second-order valence-corrected chi connectivity index (χ2v) is 8.93. The lowest BCUT2D eigenvalue weighted by Gasteiger charge is -2.27. The molecule has 0 unspecified atom stereocenters. The maximum Gasteiger partial charge on any atom is 0.250 e. The molecule has 172 valence electrons. The van der Waals surface area contributed by atoms with Crippen LogP contribution in [0, 0.1) is 6.92 Å². The van der Waals surface area contributed by atoms with Crippen molar-refractivity contribution < 1.29 is 14.9 Å². The molecular formula is C21H21Br2N7O3. The third kappa shape index (κ3) is 5.89. The molecular weight excluding hydrogens is 558 g/mol. The summed E-state index contributed by atoms with van der Waals surface area (Å²) in [7, 11) is 0. The van der Waals surface area contributed by atoms with Gasteiger partial charge in [-0.2, -0.15) is 20.1 Å². The average Bonchev–Trinajstić information content (AvgIpc) is 2.79. The normalized spacial score (nSPS) is 14.0. The van der Waals surface area contributed by atoms with E-state index >= 15 is 0 Å². The first-order valence-corrected chi connectivity index (χ1v) is 11.6. The van der Waals surface area contributed by atoms with Crippen molar-refractivity contribution in [3.05, 3.63) is 50.4 Å². The van der Waals surface area contributed by atoms with E-state index in [0.29, 0.717) is 48.2 Å². The molecule has 0 radical (unpaired) electrons. The van der Waals surface area contributed by atoms with E-state index in [1.165, 1.54) is 12.3 Å². The maximum atomic E-state index is 10.0. The maximum absolute atomic E-state index is 10.0. The van der Waals surface area contributed by atoms with Crippen LogP contribution in [0.25, 0.3) is 0 Å². The van der Waals surface area contributed by atoms with E-state index in [2.05, 4.69) is 62.7 Å². The van der Waals surface area contributed by atoms with Crippen LogP contribution in [0.15, 0.2) is 44.4 Å². The molecule has 1 fully saturated rings. The van der Waals surface area contributed by atoms with Crippen LogP contribution in [-0.2, 0) is 4.74 Å². The summed E-state index contributed by atoms with van der Waals surface area (Å²) in [6.07, 6.45) is 1.40. The summed E-state index contributed by atoms with van der Waals surface area (Å²) in [5.74, 6) is 0.891. The fourth-order valence-corrected chi connectivity index (χ4v) is 4.00. The van der Waals surface area contributed by atoms with Crippen LogP contribution in [0.5, 0.6) is 11.5 Å². The number of aromatic nitrogens is 3. The number of hydrazone groups is 1. The summed E-state index contributed by atoms with van der Waals surface area (Å²) < 4.78 is 6.75. The van der Waals surface area contributed by atoms with Gasteiger partial charge in [0, 0.05) is 29.2 Å². The van der Waals surface area contributed by atoms with Crippen molar-refractivity contribution in [1.82, 2.24) is 15.0 Å². The van der Waals surface area contributed by atoms with Crippen LogP contribution in [-0.4, -0.2) is 57.7 Å². The number of halogens is 2. The Morgan fingerprint density at radius 1 is 1.00 bits per heavy atom. The lowest BCUT2D eigenvalue weighted by Crippen LogP contribution is -2.37. The molecule has 3 aromatic rings. The molecule has 0 amide bonds. The fraction of sp³-hybridized carbons (Fsp3) is 0.238. The number of hydrogen-bond acceptors (Lipinski definition) is 10. The zero-order chi connectivity index (χ0) is 23.4. The van der Waals surface area contributed by atoms with Gasteiger partial charge >= 0.3 is 0 Å². The number of phenolic OH excluding ortho intramolecular Hbond substituents is 2. The number of nitrogens with one attached hydrogen (secondary N) is 2. The molecule has 0 atom stereocenters. The molecule has 1 aromatic heterocycles. The third-order valence-electron chi connectivity index (χ3n) is 4.75. The molecule has 33 heavy (non-hydrogen) atoms. The summed E-state index contributed by atoms with van der Waals surface area (Å²) in [5, 5.41) is 27.0. The fourth-order valence-electron chi connectivity index (χ4n) is 3.05. The third-order valence-corrected chi connectivity index (χ3v) is 6.04. The highest BCUT2D eigenvalue weighted by molar-refractivity contribution is 9.11. The van der Waals surface area contributed by atoms with Crippen LogP contribution < -0.4 is 15.6 Å². The van der Waals surface area contributed by atoms with Crippen molar-refractivity contribution in [3.8, 4) is 11.5 Å². The van der Waals surface area contributed by atoms with Gasteiger partial charge in [0.25, 0.3) is 0 Å². The van der Waals surface area contributed by atoms with Crippen LogP contribution in [0.2, 0.25) is 0 Å². The molecule has 0 bridgehead atoms. The van der Waals surface area contributed by atoms with Crippen LogP contribution >= 0.6 is 31.9 Å². The Balaban J connectivity index is 1.60. The molecule has 1 saturated heterocycles. The number of anilines is 4. The number of aryl methyl sites for hydroxylation is 1. The Kier molecular flexibility index (Phi) is 7.26. The van der Waals surface area contributed by atoms with Crippen LogP contribution in [0.3, 0.4) is 0 Å². The molecule has 1 aliphatic heterocycles. The summed E-state index contributed by atoms with van der Waals surface area (Å²) in [6, 6.07) is 8.70. The van der Waals surface area contributed by atoms with E-state index in [1.54, 1.807) is 6.07 Å². The number of ether oxygens (including phenoxy) is 1. The standard InChI is InChI=1S/C21H21Br2N7O3/c1-12-2-3-16(14(22)8-12)25-19-26-20(28-21(27-19)30-4-6-33-7-5-30)29-24-11-13-9-15(23)18(32)10-17(13)31/h2-3,8-11,31-32H,4-7H2,1H3,(H2,25,26,27,28,29)/b24-11-. The lowest BCUT2D eigenvalue weighted by atomic mass is 10.2. The van der Waals surface area contributed by atoms with E-state index in [0.717, 1.165) is 15.7 Å². The van der Waals surface area contributed by atoms with Crippen LogP contribution in [0.1, 0.15) is 11.1 Å². The van der Waals surface area contributed by atoms with Gasteiger partial charge in [0.2, 0.25) is 17.8 Å². The Morgan fingerprint density at radius 2 is 1.76 bits per heavy atom. The first-order valence-electron chi connectivity index (χ1n) is 10.0. The molecule has 2 heterocycles. The second-order valence-electron chi connectivity index (χ2n) is 7.22. The monoisotopic (exact) mass is 577 g/mol. The predicted octanol–water partition coefficient (Wildman–Crippen LogP) is 4.14. The molecule has 12 heteroatoms. The Morgan fingerprint density at radius 3 is 2.52 bits per heavy atom. The lowest BCUT2D eigenvalue weighted by molar-refractivity contribution is 0.122. The van der Waals surface area contributed by atoms with E-state index in [9.17, 15) is 10.2 Å². The number of morpholine rings is 1. The minimum Gasteiger partial charge on any atom is -0.507 e. The summed E-state index contributed by atoms with van der Waals surface area (Å²) in [5.41, 5.74) is 5.13. The first kappa shape index (κ1) is 23.2. The summed E-state index contributed by atoms with van der Waals surface area (Å²) in [4.78, 5) is 15.5. The summed E-state index contributed by atoms with van der Waals surface area (Å²) >= 11 is 6.78. The molecule has 4 rings (SSSR count). The smallest absolute Gasteiger partial charge is 0.250 e. The quantitative estimate of drug-likeness (QED) is 0.252. The highest BCUT2D eigenvalue weighted by atomic mass is 79.9. The topological polar surface area (TPSA) is 128 Å². The van der Waals surface area contributed by atoms with Gasteiger partial charge < -0.3 is 25.2 Å². The predicted molar refractivity (Wildman–Crippen MR) is 134 cm³/mol. The van der Waals surface area contributed by atoms with Crippen LogP contribution in [0.4, 0.5) is 23.5 Å². The number of nitrogens with zero attached hydrogens (tertiary/aromatic N) is 5. The van der Waals surface area contributed by atoms with E-state index < -0.39 is 0 Å². The van der Waals surface area contributed by atoms with E-state index in [1.807, 2.05) is 30.0 Å². The van der Waals surface area contributed by atoms with Crippen molar-refractivity contribution in [1.29, 1.82) is 0 Å². The van der Waals surface area contributed by atoms with Gasteiger partial charge in [0.05, 0.1) is 29.6 Å². The van der Waals surface area contributed by atoms with Gasteiger partial charge in [-0.05, 0) is 62.5 Å². The minimum absolute atomic E-state index is 0.0665. The Labute approximate surface area is 207 Å². The molecule has 2 aromatic carbocycles. The van der Waals surface area contributed by atoms with Gasteiger partial charge in [-0.1, -0.05) is 6.07 Å². The van der Waals surface area contributed by atoms with Gasteiger partial charge in [-0.15, -0.1) is 0 Å². The summed E-state index contributed by atoms with van der Waals surface area (Å²) in [6.45, 7) is 4.52. The average molecular weight is 579 g/mol. The Hall–Kier alpha value is -2.96. The molecule has 0 aliphatic carbocycles. The number of benzene rings is 2. The van der Waals surface area contributed by atoms with Crippen molar-refractivity contribution >= 4 is 61.6 Å². The van der Waals surface area contributed by atoms with E-state index in [-0.39, 0.29) is 17.4 Å². The number of rotatable bonds is 6. The molecule has 0 spiro atoms. The zero-order valence-electron chi connectivity index (χ0n) is 17.6. The highest BCUT2D eigenvalue weighted by Crippen LogP contribution is 2.30. The zero-order valence-corrected chi connectivity index (χ0v) is 20.8. The molecule has 10 nitrogen and oxygen atoms in total. The largest absolute Gasteiger partial charge is 0.507 e. The van der Waals surface area contributed by atoms with E-state index in [4.69, 9.17) is 4.74 Å². The van der Waals surface area contributed by atoms with Crippen molar-refractivity contribution in [2.45, 2.75) is 6.92 Å². The van der Waals surface area contributed by atoms with Crippen molar-refractivity contribution in [2.75, 3.05) is 41.9 Å². The minimum atomic E-state index is -0.113. The number of aromatic hydroxyl groups is 2. The first-order chi connectivity index (χ1) is 15.9. The number of hydrogen-bond donors (Lipinski definition) is 4. The molecule has 0 saturated carbocycles. The molecule has 1 aliphatic rings. The van der Waals surface area contributed by atoms with Gasteiger partial charge in [-0.3, -0.25) is 0 Å². The SMILES string of the molecule is Cc1ccc(Nc2nc(N/N=C\c3cc(Br)c(O)cc3O)nc(N3CCOCC3)n2)c(Br)c1.